The molecule has 1 aromatic rings. The number of carbonyl (C=O) groups excluding carboxylic acids is 2. The molecule has 4 nitrogen and oxygen atoms in total. The molecular weight excluding hydrogens is 256 g/mol. The van der Waals surface area contributed by atoms with E-state index in [9.17, 15) is 18.4 Å². The number of benzene rings is 1. The van der Waals surface area contributed by atoms with Crippen molar-refractivity contribution in [2.45, 2.75) is 25.8 Å². The zero-order chi connectivity index (χ0) is 14.4. The van der Waals surface area contributed by atoms with Crippen molar-refractivity contribution in [1.82, 2.24) is 5.32 Å². The third-order valence-electron chi connectivity index (χ3n) is 2.52. The summed E-state index contributed by atoms with van der Waals surface area (Å²) in [4.78, 5) is 22.9. The maximum Gasteiger partial charge on any atom is 0.328 e. The number of rotatable bonds is 5. The fourth-order valence-corrected chi connectivity index (χ4v) is 1.61. The quantitative estimate of drug-likeness (QED) is 0.827. The van der Waals surface area contributed by atoms with Gasteiger partial charge in [0.25, 0.3) is 0 Å². The highest BCUT2D eigenvalue weighted by Gasteiger charge is 2.19. The average molecular weight is 271 g/mol. The maximum atomic E-state index is 12.9. The molecule has 0 aliphatic heterocycles. The molecule has 0 heterocycles. The van der Waals surface area contributed by atoms with Crippen LogP contribution in [0.15, 0.2) is 18.2 Å². The van der Waals surface area contributed by atoms with Crippen molar-refractivity contribution in [3.63, 3.8) is 0 Å². The summed E-state index contributed by atoms with van der Waals surface area (Å²) in [6.45, 7) is 1.71. The number of halogens is 2. The van der Waals surface area contributed by atoms with Gasteiger partial charge in [-0.1, -0.05) is 6.92 Å². The van der Waals surface area contributed by atoms with Crippen molar-refractivity contribution in [2.24, 2.45) is 0 Å². The zero-order valence-electron chi connectivity index (χ0n) is 10.7. The predicted octanol–water partition coefficient (Wildman–Crippen LogP) is 1.58. The van der Waals surface area contributed by atoms with E-state index >= 15 is 0 Å². The molecule has 1 amide bonds. The summed E-state index contributed by atoms with van der Waals surface area (Å²) in [5.41, 5.74) is 0.203. The summed E-state index contributed by atoms with van der Waals surface area (Å²) < 4.78 is 30.4. The first kappa shape index (κ1) is 15.1. The Bertz CT molecular complexity index is 457. The standard InChI is InChI=1S/C13H15F2NO3/c1-3-11(13(18)19-2)16-12(17)6-8-4-9(14)7-10(15)5-8/h4-5,7,11H,3,6H2,1-2H3,(H,16,17)/t11-/m0/s1. The van der Waals surface area contributed by atoms with Gasteiger partial charge < -0.3 is 10.1 Å². The first-order valence-corrected chi connectivity index (χ1v) is 5.78. The maximum absolute atomic E-state index is 12.9. The second kappa shape index (κ2) is 6.82. The number of methoxy groups -OCH3 is 1. The summed E-state index contributed by atoms with van der Waals surface area (Å²) in [5.74, 6) is -2.55. The topological polar surface area (TPSA) is 55.4 Å². The molecule has 1 rings (SSSR count). The minimum Gasteiger partial charge on any atom is -0.467 e. The lowest BCUT2D eigenvalue weighted by Gasteiger charge is -2.14. The van der Waals surface area contributed by atoms with Crippen LogP contribution in [0.1, 0.15) is 18.9 Å². The van der Waals surface area contributed by atoms with Gasteiger partial charge in [0.05, 0.1) is 13.5 Å². The monoisotopic (exact) mass is 271 g/mol. The van der Waals surface area contributed by atoms with E-state index in [0.717, 1.165) is 18.2 Å². The van der Waals surface area contributed by atoms with Gasteiger partial charge in [0, 0.05) is 6.07 Å². The van der Waals surface area contributed by atoms with Crippen LogP contribution in [0.25, 0.3) is 0 Å². The zero-order valence-corrected chi connectivity index (χ0v) is 10.7. The second-order valence-electron chi connectivity index (χ2n) is 4.01. The summed E-state index contributed by atoms with van der Waals surface area (Å²) in [7, 11) is 1.22. The van der Waals surface area contributed by atoms with Gasteiger partial charge in [-0.2, -0.15) is 0 Å². The molecule has 0 aromatic heterocycles. The molecule has 0 spiro atoms. The number of hydrogen-bond donors (Lipinski definition) is 1. The summed E-state index contributed by atoms with van der Waals surface area (Å²) in [6, 6.07) is 2.12. The highest BCUT2D eigenvalue weighted by molar-refractivity contribution is 5.85. The third kappa shape index (κ3) is 4.65. The molecule has 1 N–H and O–H groups in total. The second-order valence-corrected chi connectivity index (χ2v) is 4.01. The minimum absolute atomic E-state index is 0.203. The van der Waals surface area contributed by atoms with Crippen LogP contribution in [0.4, 0.5) is 8.78 Å². The van der Waals surface area contributed by atoms with Gasteiger partial charge in [-0.25, -0.2) is 13.6 Å². The van der Waals surface area contributed by atoms with Crippen LogP contribution in [0.3, 0.4) is 0 Å². The molecule has 104 valence electrons. The van der Waals surface area contributed by atoms with Crippen molar-refractivity contribution < 1.29 is 23.1 Å². The number of ether oxygens (including phenoxy) is 1. The third-order valence-corrected chi connectivity index (χ3v) is 2.52. The van der Waals surface area contributed by atoms with Gasteiger partial charge in [0.15, 0.2) is 0 Å². The Morgan fingerprint density at radius 1 is 1.26 bits per heavy atom. The fraction of sp³-hybridized carbons (Fsp3) is 0.385. The molecular formula is C13H15F2NO3. The van der Waals surface area contributed by atoms with E-state index in [1.165, 1.54) is 7.11 Å². The first-order chi connectivity index (χ1) is 8.96. The highest BCUT2D eigenvalue weighted by atomic mass is 19.1. The number of esters is 1. The van der Waals surface area contributed by atoms with E-state index in [1.54, 1.807) is 6.92 Å². The summed E-state index contributed by atoms with van der Waals surface area (Å²) in [5, 5.41) is 2.45. The smallest absolute Gasteiger partial charge is 0.328 e. The van der Waals surface area contributed by atoms with E-state index in [2.05, 4.69) is 10.1 Å². The first-order valence-electron chi connectivity index (χ1n) is 5.78. The summed E-state index contributed by atoms with van der Waals surface area (Å²) >= 11 is 0. The Morgan fingerprint density at radius 2 is 1.84 bits per heavy atom. The molecule has 6 heteroatoms. The molecule has 0 aliphatic carbocycles. The van der Waals surface area contributed by atoms with Gasteiger partial charge in [-0.3, -0.25) is 4.79 Å². The normalized spacial score (nSPS) is 11.8. The Hall–Kier alpha value is -1.98. The van der Waals surface area contributed by atoms with Crippen molar-refractivity contribution in [1.29, 1.82) is 0 Å². The van der Waals surface area contributed by atoms with E-state index in [1.807, 2.05) is 0 Å². The van der Waals surface area contributed by atoms with Crippen LogP contribution in [-0.4, -0.2) is 25.0 Å². The molecule has 0 radical (unpaired) electrons. The highest BCUT2D eigenvalue weighted by Crippen LogP contribution is 2.08. The lowest BCUT2D eigenvalue weighted by atomic mass is 10.1. The number of hydrogen-bond acceptors (Lipinski definition) is 3. The summed E-state index contributed by atoms with van der Waals surface area (Å²) in [6.07, 6.45) is 0.165. The lowest BCUT2D eigenvalue weighted by molar-refractivity contribution is -0.145. The predicted molar refractivity (Wildman–Crippen MR) is 64.3 cm³/mol. The van der Waals surface area contributed by atoms with Gasteiger partial charge in [-0.05, 0) is 24.1 Å². The number of nitrogens with one attached hydrogen (secondary N) is 1. The van der Waals surface area contributed by atoms with Crippen LogP contribution in [0.5, 0.6) is 0 Å². The van der Waals surface area contributed by atoms with E-state index < -0.39 is 29.6 Å². The Balaban J connectivity index is 2.66. The van der Waals surface area contributed by atoms with Gasteiger partial charge >= 0.3 is 5.97 Å². The molecule has 0 aliphatic rings. The van der Waals surface area contributed by atoms with E-state index in [-0.39, 0.29) is 12.0 Å². The lowest BCUT2D eigenvalue weighted by Crippen LogP contribution is -2.41. The van der Waals surface area contributed by atoms with Crippen LogP contribution in [0, 0.1) is 11.6 Å². The SMILES string of the molecule is CC[C@H](NC(=O)Cc1cc(F)cc(F)c1)C(=O)OC. The van der Waals surface area contributed by atoms with E-state index in [0.29, 0.717) is 6.42 Å². The van der Waals surface area contributed by atoms with Gasteiger partial charge in [-0.15, -0.1) is 0 Å². The molecule has 0 fully saturated rings. The average Bonchev–Trinajstić information content (AvgIpc) is 2.33. The number of carbonyl (C=O) groups is 2. The number of amides is 1. The van der Waals surface area contributed by atoms with Crippen molar-refractivity contribution in [3.05, 3.63) is 35.4 Å². The molecule has 0 saturated carbocycles. The molecule has 1 aromatic carbocycles. The fourth-order valence-electron chi connectivity index (χ4n) is 1.61. The van der Waals surface area contributed by atoms with Gasteiger partial charge in [0.2, 0.25) is 5.91 Å². The minimum atomic E-state index is -0.754. The van der Waals surface area contributed by atoms with Crippen LogP contribution >= 0.6 is 0 Å². The van der Waals surface area contributed by atoms with Crippen molar-refractivity contribution in [2.75, 3.05) is 7.11 Å². The molecule has 0 unspecified atom stereocenters. The largest absolute Gasteiger partial charge is 0.467 e. The molecule has 0 bridgehead atoms. The molecule has 1 atom stereocenters. The van der Waals surface area contributed by atoms with Crippen LogP contribution < -0.4 is 5.32 Å². The van der Waals surface area contributed by atoms with E-state index in [4.69, 9.17) is 0 Å². The Morgan fingerprint density at radius 3 is 2.32 bits per heavy atom. The van der Waals surface area contributed by atoms with Gasteiger partial charge in [0.1, 0.15) is 17.7 Å². The van der Waals surface area contributed by atoms with Crippen LogP contribution in [0.2, 0.25) is 0 Å². The Labute approximate surface area is 109 Å². The van der Waals surface area contributed by atoms with Crippen molar-refractivity contribution >= 4 is 11.9 Å². The Kier molecular flexibility index (Phi) is 5.41. The van der Waals surface area contributed by atoms with Crippen molar-refractivity contribution in [3.8, 4) is 0 Å². The van der Waals surface area contributed by atoms with Crippen LogP contribution in [-0.2, 0) is 20.7 Å². The molecule has 19 heavy (non-hydrogen) atoms. The molecule has 0 saturated heterocycles.